The molecule has 0 spiro atoms. The van der Waals surface area contributed by atoms with Crippen LogP contribution in [0.2, 0.25) is 0 Å². The minimum absolute atomic E-state index is 0.124. The fourth-order valence-electron chi connectivity index (χ4n) is 1.23. The summed E-state index contributed by atoms with van der Waals surface area (Å²) in [6.07, 6.45) is 0.853. The van der Waals surface area contributed by atoms with E-state index >= 15 is 0 Å². The zero-order valence-electron chi connectivity index (χ0n) is 12.2. The lowest BCUT2D eigenvalue weighted by Crippen LogP contribution is -2.46. The van der Waals surface area contributed by atoms with E-state index in [9.17, 15) is 0 Å². The molecule has 0 heterocycles. The van der Waals surface area contributed by atoms with Crippen LogP contribution in [0.5, 0.6) is 0 Å². The van der Waals surface area contributed by atoms with E-state index in [2.05, 4.69) is 60.7 Å². The van der Waals surface area contributed by atoms with Gasteiger partial charge in [-0.3, -0.25) is 0 Å². The molecule has 0 saturated carbocycles. The highest BCUT2D eigenvalue weighted by Crippen LogP contribution is 2.15. The van der Waals surface area contributed by atoms with Crippen LogP contribution in [0.4, 0.5) is 0 Å². The Morgan fingerprint density at radius 3 is 1.56 bits per heavy atom. The van der Waals surface area contributed by atoms with Crippen LogP contribution in [0.25, 0.3) is 0 Å². The quantitative estimate of drug-likeness (QED) is 0.757. The highest BCUT2D eigenvalue weighted by Gasteiger charge is 2.26. The molecule has 0 rings (SSSR count). The first-order valence-electron chi connectivity index (χ1n) is 6.08. The molecule has 0 aliphatic heterocycles. The maximum atomic E-state index is 6.02. The Labute approximate surface area is 103 Å². The monoisotopic (exact) mass is 247 g/mol. The molecule has 98 valence electrons. The van der Waals surface area contributed by atoms with Gasteiger partial charge in [-0.05, 0) is 41.5 Å². The van der Waals surface area contributed by atoms with Crippen molar-refractivity contribution in [3.8, 4) is 0 Å². The summed E-state index contributed by atoms with van der Waals surface area (Å²) in [4.78, 5) is 0. The topological polar surface area (TPSA) is 30.5 Å². The van der Waals surface area contributed by atoms with Gasteiger partial charge in [-0.25, -0.2) is 0 Å². The SMILES string of the molecule is CC(C)NC[SiH](OC(C)(C)C)OC(C)(C)C. The third-order valence-corrected chi connectivity index (χ3v) is 4.17. The molecule has 3 nitrogen and oxygen atoms in total. The highest BCUT2D eigenvalue weighted by atomic mass is 28.3. The van der Waals surface area contributed by atoms with Crippen LogP contribution in [0.15, 0.2) is 0 Å². The van der Waals surface area contributed by atoms with Gasteiger partial charge in [-0.1, -0.05) is 13.8 Å². The van der Waals surface area contributed by atoms with Gasteiger partial charge in [0.25, 0.3) is 0 Å². The molecule has 0 radical (unpaired) electrons. The molecule has 0 aliphatic rings. The zero-order chi connectivity index (χ0) is 13.0. The van der Waals surface area contributed by atoms with Gasteiger partial charge in [-0.15, -0.1) is 0 Å². The number of hydrogen-bond acceptors (Lipinski definition) is 3. The fourth-order valence-corrected chi connectivity index (χ4v) is 3.68. The van der Waals surface area contributed by atoms with Crippen molar-refractivity contribution in [1.82, 2.24) is 5.32 Å². The van der Waals surface area contributed by atoms with E-state index in [0.29, 0.717) is 6.04 Å². The first-order chi connectivity index (χ1) is 6.99. The second kappa shape index (κ2) is 6.14. The third kappa shape index (κ3) is 10.6. The summed E-state index contributed by atoms with van der Waals surface area (Å²) in [5.41, 5.74) is -0.248. The molecular formula is C12H29NO2Si. The Balaban J connectivity index is 4.28. The molecule has 0 amide bonds. The van der Waals surface area contributed by atoms with Gasteiger partial charge < -0.3 is 14.2 Å². The highest BCUT2D eigenvalue weighted by molar-refractivity contribution is 6.44. The molecule has 0 saturated heterocycles. The van der Waals surface area contributed by atoms with E-state index in [-0.39, 0.29) is 11.2 Å². The van der Waals surface area contributed by atoms with Crippen molar-refractivity contribution in [1.29, 1.82) is 0 Å². The van der Waals surface area contributed by atoms with E-state index in [1.165, 1.54) is 0 Å². The Bertz CT molecular complexity index is 178. The predicted molar refractivity (Wildman–Crippen MR) is 72.0 cm³/mol. The smallest absolute Gasteiger partial charge is 0.336 e. The predicted octanol–water partition coefficient (Wildman–Crippen LogP) is 2.37. The Kier molecular flexibility index (Phi) is 6.18. The molecule has 0 aromatic carbocycles. The minimum Gasteiger partial charge on any atom is -0.391 e. The summed E-state index contributed by atoms with van der Waals surface area (Å²) in [6.45, 7) is 16.7. The first-order valence-corrected chi connectivity index (χ1v) is 7.84. The van der Waals surface area contributed by atoms with Gasteiger partial charge in [0.05, 0.1) is 0 Å². The maximum Gasteiger partial charge on any atom is 0.336 e. The molecule has 16 heavy (non-hydrogen) atoms. The van der Waals surface area contributed by atoms with Gasteiger partial charge in [-0.2, -0.15) is 0 Å². The molecule has 1 N–H and O–H groups in total. The van der Waals surface area contributed by atoms with Gasteiger partial charge in [0.15, 0.2) is 0 Å². The lowest BCUT2D eigenvalue weighted by molar-refractivity contribution is 0.0330. The summed E-state index contributed by atoms with van der Waals surface area (Å²) < 4.78 is 12.0. The van der Waals surface area contributed by atoms with Crippen LogP contribution in [0, 0.1) is 0 Å². The number of hydrogen-bond donors (Lipinski definition) is 1. The summed E-state index contributed by atoms with van der Waals surface area (Å²) in [5.74, 6) is 0. The second-order valence-corrected chi connectivity index (χ2v) is 8.19. The maximum absolute atomic E-state index is 6.02. The van der Waals surface area contributed by atoms with E-state index in [4.69, 9.17) is 8.85 Å². The molecule has 0 unspecified atom stereocenters. The van der Waals surface area contributed by atoms with E-state index in [1.807, 2.05) is 0 Å². The van der Waals surface area contributed by atoms with E-state index in [0.717, 1.165) is 6.17 Å². The van der Waals surface area contributed by atoms with Crippen LogP contribution < -0.4 is 5.32 Å². The third-order valence-electron chi connectivity index (χ3n) is 1.66. The fraction of sp³-hybridized carbons (Fsp3) is 1.00. The van der Waals surface area contributed by atoms with Gasteiger partial charge >= 0.3 is 9.28 Å². The van der Waals surface area contributed by atoms with E-state index in [1.54, 1.807) is 0 Å². The minimum atomic E-state index is -1.65. The number of nitrogens with one attached hydrogen (secondary N) is 1. The molecule has 0 bridgehead atoms. The lowest BCUT2D eigenvalue weighted by atomic mass is 10.2. The Morgan fingerprint density at radius 2 is 1.31 bits per heavy atom. The van der Waals surface area contributed by atoms with Crippen molar-refractivity contribution in [2.45, 2.75) is 72.6 Å². The van der Waals surface area contributed by atoms with Crippen LogP contribution >= 0.6 is 0 Å². The van der Waals surface area contributed by atoms with Crippen molar-refractivity contribution in [2.24, 2.45) is 0 Å². The first kappa shape index (κ1) is 16.1. The summed E-state index contributed by atoms with van der Waals surface area (Å²) >= 11 is 0. The standard InChI is InChI=1S/C12H29NO2Si/c1-10(2)13-9-16(14-11(3,4)5)15-12(6,7)8/h10,13,16H,9H2,1-8H3. The second-order valence-electron chi connectivity index (χ2n) is 6.45. The molecule has 0 aromatic heterocycles. The van der Waals surface area contributed by atoms with Gasteiger partial charge in [0.2, 0.25) is 0 Å². The van der Waals surface area contributed by atoms with Gasteiger partial charge in [0.1, 0.15) is 0 Å². The van der Waals surface area contributed by atoms with Crippen molar-refractivity contribution >= 4 is 9.28 Å². The number of rotatable bonds is 5. The van der Waals surface area contributed by atoms with Crippen LogP contribution in [-0.4, -0.2) is 32.7 Å². The van der Waals surface area contributed by atoms with Crippen molar-refractivity contribution < 1.29 is 8.85 Å². The molecular weight excluding hydrogens is 218 g/mol. The van der Waals surface area contributed by atoms with Gasteiger partial charge in [0, 0.05) is 23.4 Å². The van der Waals surface area contributed by atoms with Crippen molar-refractivity contribution in [3.05, 3.63) is 0 Å². The molecule has 4 heteroatoms. The van der Waals surface area contributed by atoms with E-state index < -0.39 is 9.28 Å². The summed E-state index contributed by atoms with van der Waals surface area (Å²) in [5, 5.41) is 3.40. The van der Waals surface area contributed by atoms with Crippen molar-refractivity contribution in [2.75, 3.05) is 6.17 Å². The largest absolute Gasteiger partial charge is 0.391 e. The van der Waals surface area contributed by atoms with Crippen LogP contribution in [-0.2, 0) is 8.85 Å². The lowest BCUT2D eigenvalue weighted by Gasteiger charge is -2.32. The molecule has 0 aliphatic carbocycles. The Morgan fingerprint density at radius 1 is 0.938 bits per heavy atom. The van der Waals surface area contributed by atoms with Crippen LogP contribution in [0.3, 0.4) is 0 Å². The Hall–Kier alpha value is 0.0969. The van der Waals surface area contributed by atoms with Crippen LogP contribution in [0.1, 0.15) is 55.4 Å². The molecule has 0 fully saturated rings. The summed E-state index contributed by atoms with van der Waals surface area (Å²) in [6, 6.07) is 0.474. The normalized spacial score (nSPS) is 13.9. The average molecular weight is 247 g/mol. The zero-order valence-corrected chi connectivity index (χ0v) is 13.3. The average Bonchev–Trinajstić information content (AvgIpc) is 1.93. The molecule has 0 aromatic rings. The van der Waals surface area contributed by atoms with Crippen molar-refractivity contribution in [3.63, 3.8) is 0 Å². The molecule has 0 atom stereocenters. The summed E-state index contributed by atoms with van der Waals surface area (Å²) in [7, 11) is -1.65.